The van der Waals surface area contributed by atoms with Gasteiger partial charge in [0.2, 0.25) is 5.82 Å². The number of hydrogen-bond donors (Lipinski definition) is 0. The standard InChI is InChI=1S/C17H16N4O5S/c1-24-14-4-3-11(7-15(14)25-2)13(22)9-26-16(23)8-21-19-17(18-20-21)12-5-6-27-10-12/h3-7,10H,8-9H2,1-2H3. The second-order valence-corrected chi connectivity index (χ2v) is 6.09. The Kier molecular flexibility index (Phi) is 5.77. The number of carbonyl (C=O) groups excluding carboxylic acids is 2. The maximum atomic E-state index is 12.2. The number of benzene rings is 1. The lowest BCUT2D eigenvalue weighted by Crippen LogP contribution is -2.20. The van der Waals surface area contributed by atoms with E-state index in [9.17, 15) is 9.59 Å². The first-order valence-electron chi connectivity index (χ1n) is 7.82. The molecule has 0 saturated heterocycles. The zero-order chi connectivity index (χ0) is 19.2. The number of tetrazole rings is 1. The first kappa shape index (κ1) is 18.5. The molecule has 0 aliphatic heterocycles. The molecule has 3 rings (SSSR count). The van der Waals surface area contributed by atoms with Crippen LogP contribution in [0.1, 0.15) is 10.4 Å². The molecule has 0 N–H and O–H groups in total. The van der Waals surface area contributed by atoms with Crippen molar-refractivity contribution < 1.29 is 23.8 Å². The summed E-state index contributed by atoms with van der Waals surface area (Å²) >= 11 is 1.51. The van der Waals surface area contributed by atoms with Gasteiger partial charge in [-0.05, 0) is 34.9 Å². The topological polar surface area (TPSA) is 105 Å². The van der Waals surface area contributed by atoms with Crippen LogP contribution in [0.15, 0.2) is 35.0 Å². The van der Waals surface area contributed by atoms with Crippen LogP contribution in [0.25, 0.3) is 11.4 Å². The van der Waals surface area contributed by atoms with Gasteiger partial charge >= 0.3 is 5.97 Å². The van der Waals surface area contributed by atoms with E-state index in [1.165, 1.54) is 31.6 Å². The van der Waals surface area contributed by atoms with Crippen molar-refractivity contribution in [1.29, 1.82) is 0 Å². The van der Waals surface area contributed by atoms with E-state index >= 15 is 0 Å². The molecule has 1 aromatic carbocycles. The van der Waals surface area contributed by atoms with E-state index < -0.39 is 12.6 Å². The Morgan fingerprint density at radius 3 is 2.67 bits per heavy atom. The number of Topliss-reactive ketones (excluding diaryl/α,β-unsaturated/α-hetero) is 1. The van der Waals surface area contributed by atoms with E-state index in [-0.39, 0.29) is 12.3 Å². The van der Waals surface area contributed by atoms with Crippen LogP contribution in [0.4, 0.5) is 0 Å². The predicted octanol–water partition coefficient (Wildman–Crippen LogP) is 1.84. The minimum absolute atomic E-state index is 0.240. The molecule has 0 unspecified atom stereocenters. The summed E-state index contributed by atoms with van der Waals surface area (Å²) in [6.45, 7) is -0.642. The summed E-state index contributed by atoms with van der Waals surface area (Å²) in [4.78, 5) is 25.2. The SMILES string of the molecule is COc1ccc(C(=O)COC(=O)Cn2nnc(-c3ccsc3)n2)cc1OC. The third-order valence-electron chi connectivity index (χ3n) is 3.57. The number of nitrogens with zero attached hydrogens (tertiary/aromatic N) is 4. The highest BCUT2D eigenvalue weighted by molar-refractivity contribution is 7.08. The Bertz CT molecular complexity index is 939. The summed E-state index contributed by atoms with van der Waals surface area (Å²) in [6.07, 6.45) is 0. The lowest BCUT2D eigenvalue weighted by molar-refractivity contribution is -0.143. The summed E-state index contributed by atoms with van der Waals surface area (Å²) in [5.41, 5.74) is 1.17. The average molecular weight is 388 g/mol. The molecule has 0 radical (unpaired) electrons. The number of rotatable bonds is 8. The van der Waals surface area contributed by atoms with Crippen LogP contribution in [-0.4, -0.2) is 52.8 Å². The first-order valence-corrected chi connectivity index (χ1v) is 8.76. The fourth-order valence-corrected chi connectivity index (χ4v) is 2.85. The molecule has 0 atom stereocenters. The molecule has 0 fully saturated rings. The van der Waals surface area contributed by atoms with Gasteiger partial charge in [0.25, 0.3) is 0 Å². The molecule has 0 aliphatic rings. The molecule has 2 heterocycles. The smallest absolute Gasteiger partial charge is 0.330 e. The first-order chi connectivity index (χ1) is 13.1. The van der Waals surface area contributed by atoms with E-state index in [0.29, 0.717) is 22.9 Å². The number of methoxy groups -OCH3 is 2. The minimum atomic E-state index is -0.641. The van der Waals surface area contributed by atoms with Gasteiger partial charge in [0, 0.05) is 16.5 Å². The predicted molar refractivity (Wildman–Crippen MR) is 96.0 cm³/mol. The van der Waals surface area contributed by atoms with Gasteiger partial charge in [-0.15, -0.1) is 10.2 Å². The number of ketones is 1. The van der Waals surface area contributed by atoms with Crippen LogP contribution in [-0.2, 0) is 16.1 Å². The number of carbonyl (C=O) groups is 2. The minimum Gasteiger partial charge on any atom is -0.493 e. The third kappa shape index (κ3) is 4.47. The van der Waals surface area contributed by atoms with E-state index in [4.69, 9.17) is 14.2 Å². The lowest BCUT2D eigenvalue weighted by Gasteiger charge is -2.09. The van der Waals surface area contributed by atoms with Crippen LogP contribution in [0.2, 0.25) is 0 Å². The van der Waals surface area contributed by atoms with E-state index in [2.05, 4.69) is 15.4 Å². The van der Waals surface area contributed by atoms with E-state index in [1.54, 1.807) is 12.1 Å². The quantitative estimate of drug-likeness (QED) is 0.425. The summed E-state index contributed by atoms with van der Waals surface area (Å²) in [5, 5.41) is 15.6. The zero-order valence-electron chi connectivity index (χ0n) is 14.6. The molecule has 0 spiro atoms. The van der Waals surface area contributed by atoms with Gasteiger partial charge in [0.15, 0.2) is 30.4 Å². The lowest BCUT2D eigenvalue weighted by atomic mass is 10.1. The molecule has 10 heteroatoms. The van der Waals surface area contributed by atoms with E-state index in [1.807, 2.05) is 16.8 Å². The number of aromatic nitrogens is 4. The van der Waals surface area contributed by atoms with Gasteiger partial charge < -0.3 is 14.2 Å². The van der Waals surface area contributed by atoms with Gasteiger partial charge in [-0.2, -0.15) is 16.1 Å². The molecule has 0 aliphatic carbocycles. The van der Waals surface area contributed by atoms with Gasteiger partial charge in [-0.3, -0.25) is 4.79 Å². The highest BCUT2D eigenvalue weighted by Gasteiger charge is 2.15. The number of thiophene rings is 1. The number of ether oxygens (including phenoxy) is 3. The van der Waals surface area contributed by atoms with Crippen LogP contribution < -0.4 is 9.47 Å². The van der Waals surface area contributed by atoms with Crippen molar-refractivity contribution in [3.8, 4) is 22.9 Å². The van der Waals surface area contributed by atoms with Crippen molar-refractivity contribution in [2.75, 3.05) is 20.8 Å². The summed E-state index contributed by atoms with van der Waals surface area (Å²) in [5.74, 6) is 0.338. The Morgan fingerprint density at radius 2 is 1.96 bits per heavy atom. The normalized spacial score (nSPS) is 10.4. The summed E-state index contributed by atoms with van der Waals surface area (Å²) in [6, 6.07) is 6.57. The molecular weight excluding hydrogens is 372 g/mol. The summed E-state index contributed by atoms with van der Waals surface area (Å²) in [7, 11) is 2.98. The number of hydrogen-bond acceptors (Lipinski definition) is 9. The molecule has 0 bridgehead atoms. The largest absolute Gasteiger partial charge is 0.493 e. The van der Waals surface area contributed by atoms with Gasteiger partial charge in [0.1, 0.15) is 0 Å². The fourth-order valence-electron chi connectivity index (χ4n) is 2.22. The fraction of sp³-hybridized carbons (Fsp3) is 0.235. The molecule has 140 valence electrons. The van der Waals surface area contributed by atoms with Crippen molar-refractivity contribution in [2.24, 2.45) is 0 Å². The Morgan fingerprint density at radius 1 is 1.15 bits per heavy atom. The number of esters is 1. The van der Waals surface area contributed by atoms with Crippen LogP contribution >= 0.6 is 11.3 Å². The molecule has 2 aromatic heterocycles. The second kappa shape index (κ2) is 8.41. The van der Waals surface area contributed by atoms with Gasteiger partial charge in [-0.1, -0.05) is 0 Å². The van der Waals surface area contributed by atoms with Crippen molar-refractivity contribution >= 4 is 23.1 Å². The maximum absolute atomic E-state index is 12.2. The van der Waals surface area contributed by atoms with Crippen molar-refractivity contribution in [1.82, 2.24) is 20.2 Å². The van der Waals surface area contributed by atoms with Gasteiger partial charge in [0.05, 0.1) is 14.2 Å². The molecule has 0 saturated carbocycles. The Balaban J connectivity index is 1.55. The van der Waals surface area contributed by atoms with E-state index in [0.717, 1.165) is 10.4 Å². The highest BCUT2D eigenvalue weighted by atomic mass is 32.1. The van der Waals surface area contributed by atoms with Gasteiger partial charge in [-0.25, -0.2) is 4.79 Å². The Labute approximate surface area is 158 Å². The molecule has 0 amide bonds. The third-order valence-corrected chi connectivity index (χ3v) is 4.26. The molecule has 3 aromatic rings. The van der Waals surface area contributed by atoms with Crippen molar-refractivity contribution in [2.45, 2.75) is 6.54 Å². The summed E-state index contributed by atoms with van der Waals surface area (Å²) < 4.78 is 15.3. The monoisotopic (exact) mass is 388 g/mol. The molecular formula is C17H16N4O5S. The van der Waals surface area contributed by atoms with Crippen molar-refractivity contribution in [3.05, 3.63) is 40.6 Å². The van der Waals surface area contributed by atoms with Crippen molar-refractivity contribution in [3.63, 3.8) is 0 Å². The van der Waals surface area contributed by atoms with Crippen LogP contribution in [0.5, 0.6) is 11.5 Å². The Hall–Kier alpha value is -3.27. The van der Waals surface area contributed by atoms with Crippen LogP contribution in [0.3, 0.4) is 0 Å². The van der Waals surface area contributed by atoms with Crippen LogP contribution in [0, 0.1) is 0 Å². The second-order valence-electron chi connectivity index (χ2n) is 5.31. The average Bonchev–Trinajstić information content (AvgIpc) is 3.37. The molecule has 9 nitrogen and oxygen atoms in total. The zero-order valence-corrected chi connectivity index (χ0v) is 15.4. The molecule has 27 heavy (non-hydrogen) atoms. The highest BCUT2D eigenvalue weighted by Crippen LogP contribution is 2.27. The maximum Gasteiger partial charge on any atom is 0.330 e.